The van der Waals surface area contributed by atoms with Gasteiger partial charge < -0.3 is 10.5 Å². The van der Waals surface area contributed by atoms with E-state index in [0.717, 1.165) is 10.5 Å². The summed E-state index contributed by atoms with van der Waals surface area (Å²) in [5, 5.41) is 0. The molecular weight excluding hydrogens is 367 g/mol. The summed E-state index contributed by atoms with van der Waals surface area (Å²) >= 11 is 7.90. The highest BCUT2D eigenvalue weighted by molar-refractivity contribution is 9.10. The molecule has 0 atom stereocenters. The summed E-state index contributed by atoms with van der Waals surface area (Å²) in [6.45, 7) is 0. The fourth-order valence-corrected chi connectivity index (χ4v) is 2.26. The maximum Gasteiger partial charge on any atom is 0.417 e. The number of hydrogen-bond donors (Lipinski definition) is 1. The normalized spacial score (nSPS) is 11.2. The van der Waals surface area contributed by atoms with Crippen LogP contribution in [0.4, 0.5) is 13.2 Å². The van der Waals surface area contributed by atoms with Gasteiger partial charge in [0.15, 0.2) is 0 Å². The van der Waals surface area contributed by atoms with Crippen molar-refractivity contribution >= 4 is 33.1 Å². The molecule has 0 saturated heterocycles. The van der Waals surface area contributed by atoms with Gasteiger partial charge in [-0.25, -0.2) is 0 Å². The van der Waals surface area contributed by atoms with Gasteiger partial charge in [0.25, 0.3) is 0 Å². The van der Waals surface area contributed by atoms with E-state index in [-0.39, 0.29) is 16.3 Å². The van der Waals surface area contributed by atoms with Crippen LogP contribution in [0.2, 0.25) is 0 Å². The molecule has 0 fully saturated rings. The van der Waals surface area contributed by atoms with E-state index in [9.17, 15) is 13.2 Å². The summed E-state index contributed by atoms with van der Waals surface area (Å²) in [6, 6.07) is 10.3. The second-order valence-corrected chi connectivity index (χ2v) is 5.48. The van der Waals surface area contributed by atoms with Crippen molar-refractivity contribution < 1.29 is 17.9 Å². The molecule has 0 aliphatic rings. The van der Waals surface area contributed by atoms with Crippen molar-refractivity contribution in [2.45, 2.75) is 6.18 Å². The summed E-state index contributed by atoms with van der Waals surface area (Å²) in [6.07, 6.45) is -4.56. The fraction of sp³-hybridized carbons (Fsp3) is 0.0714. The molecule has 2 rings (SSSR count). The van der Waals surface area contributed by atoms with Crippen LogP contribution < -0.4 is 10.5 Å². The summed E-state index contributed by atoms with van der Waals surface area (Å²) in [5.41, 5.74) is 4.18. The molecule has 21 heavy (non-hydrogen) atoms. The maximum absolute atomic E-state index is 13.0. The van der Waals surface area contributed by atoms with E-state index in [1.165, 1.54) is 12.1 Å². The van der Waals surface area contributed by atoms with Crippen LogP contribution in [0.25, 0.3) is 0 Å². The number of hydrogen-bond acceptors (Lipinski definition) is 2. The molecule has 2 aromatic carbocycles. The first kappa shape index (κ1) is 15.8. The van der Waals surface area contributed by atoms with Crippen LogP contribution in [0.5, 0.6) is 11.5 Å². The highest BCUT2D eigenvalue weighted by Crippen LogP contribution is 2.35. The van der Waals surface area contributed by atoms with Crippen LogP contribution in [-0.2, 0) is 6.18 Å². The van der Waals surface area contributed by atoms with Crippen molar-refractivity contribution in [1.82, 2.24) is 0 Å². The predicted octanol–water partition coefficient (Wildman–Crippen LogP) is 4.89. The van der Waals surface area contributed by atoms with Gasteiger partial charge in [0, 0.05) is 10.0 Å². The van der Waals surface area contributed by atoms with E-state index in [2.05, 4.69) is 28.1 Å². The minimum Gasteiger partial charge on any atom is -0.457 e. The zero-order valence-electron chi connectivity index (χ0n) is 10.4. The van der Waals surface area contributed by atoms with Crippen molar-refractivity contribution in [3.63, 3.8) is 0 Å². The molecule has 0 heterocycles. The van der Waals surface area contributed by atoms with Crippen molar-refractivity contribution in [3.05, 3.63) is 58.1 Å². The number of rotatable bonds is 3. The molecule has 110 valence electrons. The summed E-state index contributed by atoms with van der Waals surface area (Å²) in [7, 11) is 0. The minimum atomic E-state index is -4.56. The Morgan fingerprint density at radius 2 is 1.76 bits per heavy atom. The number of ether oxygens (including phenoxy) is 1. The highest BCUT2D eigenvalue weighted by Gasteiger charge is 2.34. The van der Waals surface area contributed by atoms with E-state index in [1.54, 1.807) is 24.3 Å². The lowest BCUT2D eigenvalue weighted by atomic mass is 10.1. The van der Waals surface area contributed by atoms with E-state index in [1.807, 2.05) is 0 Å². The van der Waals surface area contributed by atoms with Gasteiger partial charge in [-0.1, -0.05) is 34.2 Å². The van der Waals surface area contributed by atoms with Gasteiger partial charge in [-0.3, -0.25) is 0 Å². The van der Waals surface area contributed by atoms with Gasteiger partial charge in [0.1, 0.15) is 16.5 Å². The van der Waals surface area contributed by atoms with Crippen molar-refractivity contribution in [2.24, 2.45) is 5.73 Å². The second kappa shape index (κ2) is 6.03. The molecular formula is C14H9BrF3NOS. The summed E-state index contributed by atoms with van der Waals surface area (Å²) in [4.78, 5) is -0.309. The number of alkyl halides is 3. The standard InChI is InChI=1S/C14H9BrF3NOS/c15-8-2-1-3-9(6-8)20-10-4-5-11(13(19)21)12(7-10)14(16,17)18/h1-7H,(H2,19,21). The topological polar surface area (TPSA) is 35.2 Å². The monoisotopic (exact) mass is 375 g/mol. The Bertz CT molecular complexity index is 688. The molecule has 0 saturated carbocycles. The lowest BCUT2D eigenvalue weighted by molar-refractivity contribution is -0.137. The van der Waals surface area contributed by atoms with Crippen LogP contribution in [0.1, 0.15) is 11.1 Å². The van der Waals surface area contributed by atoms with Crippen LogP contribution in [0, 0.1) is 0 Å². The molecule has 2 N–H and O–H groups in total. The zero-order chi connectivity index (χ0) is 15.6. The third kappa shape index (κ3) is 3.95. The Hall–Kier alpha value is -1.60. The van der Waals surface area contributed by atoms with Crippen LogP contribution in [0.3, 0.4) is 0 Å². The Kier molecular flexibility index (Phi) is 4.53. The SMILES string of the molecule is NC(=S)c1ccc(Oc2cccc(Br)c2)cc1C(F)(F)F. The van der Waals surface area contributed by atoms with E-state index < -0.39 is 11.7 Å². The number of nitrogens with two attached hydrogens (primary N) is 1. The third-order valence-electron chi connectivity index (χ3n) is 2.59. The molecule has 0 radical (unpaired) electrons. The molecule has 7 heteroatoms. The molecule has 0 aliphatic carbocycles. The average Bonchev–Trinajstić information content (AvgIpc) is 2.37. The highest BCUT2D eigenvalue weighted by atomic mass is 79.9. The molecule has 0 bridgehead atoms. The molecule has 0 spiro atoms. The van der Waals surface area contributed by atoms with Gasteiger partial charge in [-0.15, -0.1) is 0 Å². The Labute approximate surface area is 132 Å². The van der Waals surface area contributed by atoms with Gasteiger partial charge in [-0.2, -0.15) is 13.2 Å². The maximum atomic E-state index is 13.0. The minimum absolute atomic E-state index is 0.0559. The lowest BCUT2D eigenvalue weighted by Gasteiger charge is -2.14. The first-order valence-electron chi connectivity index (χ1n) is 5.72. The number of benzene rings is 2. The van der Waals surface area contributed by atoms with Gasteiger partial charge >= 0.3 is 6.18 Å². The Balaban J connectivity index is 2.40. The molecule has 0 amide bonds. The van der Waals surface area contributed by atoms with Crippen molar-refractivity contribution in [3.8, 4) is 11.5 Å². The fourth-order valence-electron chi connectivity index (χ4n) is 1.70. The first-order chi connectivity index (χ1) is 9.77. The summed E-state index contributed by atoms with van der Waals surface area (Å²) < 4.78 is 45.2. The molecule has 2 nitrogen and oxygen atoms in total. The Morgan fingerprint density at radius 1 is 1.10 bits per heavy atom. The molecule has 2 aromatic rings. The smallest absolute Gasteiger partial charge is 0.417 e. The van der Waals surface area contributed by atoms with Crippen LogP contribution in [-0.4, -0.2) is 4.99 Å². The Morgan fingerprint density at radius 3 is 2.33 bits per heavy atom. The molecule has 0 unspecified atom stereocenters. The van der Waals surface area contributed by atoms with Crippen molar-refractivity contribution in [1.29, 1.82) is 0 Å². The zero-order valence-corrected chi connectivity index (χ0v) is 12.8. The van der Waals surface area contributed by atoms with Crippen LogP contribution >= 0.6 is 28.1 Å². The number of thiocarbonyl (C=S) groups is 1. The second-order valence-electron chi connectivity index (χ2n) is 4.13. The van der Waals surface area contributed by atoms with E-state index >= 15 is 0 Å². The largest absolute Gasteiger partial charge is 0.457 e. The predicted molar refractivity (Wildman–Crippen MR) is 81.5 cm³/mol. The molecule has 0 aliphatic heterocycles. The summed E-state index contributed by atoms with van der Waals surface area (Å²) in [5.74, 6) is 0.473. The molecule has 0 aromatic heterocycles. The first-order valence-corrected chi connectivity index (χ1v) is 6.92. The number of halogens is 4. The quantitative estimate of drug-likeness (QED) is 0.775. The third-order valence-corrected chi connectivity index (χ3v) is 3.31. The average molecular weight is 376 g/mol. The van der Waals surface area contributed by atoms with Crippen molar-refractivity contribution in [2.75, 3.05) is 0 Å². The lowest BCUT2D eigenvalue weighted by Crippen LogP contribution is -2.17. The van der Waals surface area contributed by atoms with Crippen LogP contribution in [0.15, 0.2) is 46.9 Å². The van der Waals surface area contributed by atoms with Gasteiger partial charge in [0.2, 0.25) is 0 Å². The van der Waals surface area contributed by atoms with Gasteiger partial charge in [0.05, 0.1) is 5.56 Å². The van der Waals surface area contributed by atoms with Gasteiger partial charge in [-0.05, 0) is 36.4 Å². The van der Waals surface area contributed by atoms with E-state index in [0.29, 0.717) is 5.75 Å². The van der Waals surface area contributed by atoms with E-state index in [4.69, 9.17) is 10.5 Å².